The number of rotatable bonds is 10. The van der Waals surface area contributed by atoms with E-state index in [2.05, 4.69) is 83.6 Å². The first-order valence-electron chi connectivity index (χ1n) is 15.0. The van der Waals surface area contributed by atoms with E-state index in [1.165, 1.54) is 25.0 Å². The number of ether oxygens (including phenoxy) is 1. The molecule has 14 heteroatoms. The van der Waals surface area contributed by atoms with Gasteiger partial charge in [0.2, 0.25) is 16.0 Å². The van der Waals surface area contributed by atoms with Crippen molar-refractivity contribution in [3.63, 3.8) is 0 Å². The summed E-state index contributed by atoms with van der Waals surface area (Å²) in [4.78, 5) is 20.2. The van der Waals surface area contributed by atoms with Crippen molar-refractivity contribution in [2.75, 3.05) is 53.3 Å². The van der Waals surface area contributed by atoms with E-state index < -0.39 is 10.0 Å². The molecule has 0 unspecified atom stereocenters. The van der Waals surface area contributed by atoms with E-state index in [0.29, 0.717) is 34.2 Å². The summed E-state index contributed by atoms with van der Waals surface area (Å²) in [6, 6.07) is 12.3. The molecule has 0 amide bonds. The standard InChI is InChI=1S/C32H36ClN9O3S/c1-5-21-18-26(28(45-3)19-27(21)42-16-10-22(11-17-42)41-14-6-7-15-41)38-32-36-20-23(33)31(39-32)37-25-9-8-24-29(35-13-12-34-24)30(25)40(2)46(4,43)44/h6-9,12-15,18-20,22H,5,10-11,16-17H2,1-4H3,(H2,36,37,38,39). The molecule has 4 heterocycles. The summed E-state index contributed by atoms with van der Waals surface area (Å²) in [5.41, 5.74) is 4.77. The molecule has 3 aromatic heterocycles. The SMILES string of the molecule is CCc1cc(Nc2ncc(Cl)c(Nc3ccc4nccnc4c3N(C)S(C)(=O)=O)n2)c(OC)cc1N1CCC(n2cccc2)CC1. The van der Waals surface area contributed by atoms with Gasteiger partial charge >= 0.3 is 0 Å². The van der Waals surface area contributed by atoms with E-state index in [1.807, 2.05) is 0 Å². The quantitative estimate of drug-likeness (QED) is 0.179. The number of aryl methyl sites for hydroxylation is 1. The van der Waals surface area contributed by atoms with Crippen molar-refractivity contribution in [1.82, 2.24) is 24.5 Å². The Morgan fingerprint density at radius 2 is 1.78 bits per heavy atom. The zero-order chi connectivity index (χ0) is 32.4. The maximum Gasteiger partial charge on any atom is 0.232 e. The molecule has 1 saturated heterocycles. The lowest BCUT2D eigenvalue weighted by Crippen LogP contribution is -2.35. The van der Waals surface area contributed by atoms with Gasteiger partial charge in [-0.1, -0.05) is 18.5 Å². The van der Waals surface area contributed by atoms with E-state index in [9.17, 15) is 8.42 Å². The third kappa shape index (κ3) is 6.38. The molecule has 5 aromatic rings. The molecule has 2 N–H and O–H groups in total. The average molecular weight is 662 g/mol. The van der Waals surface area contributed by atoms with Crippen LogP contribution in [-0.2, 0) is 16.4 Å². The monoisotopic (exact) mass is 661 g/mol. The van der Waals surface area contributed by atoms with Gasteiger partial charge in [0.25, 0.3) is 0 Å². The molecular formula is C32H36ClN9O3S. The summed E-state index contributed by atoms with van der Waals surface area (Å²) in [5.74, 6) is 1.23. The highest BCUT2D eigenvalue weighted by atomic mass is 35.5. The second-order valence-electron chi connectivity index (χ2n) is 11.1. The number of methoxy groups -OCH3 is 1. The van der Waals surface area contributed by atoms with Crippen LogP contribution in [0.1, 0.15) is 31.4 Å². The minimum atomic E-state index is -3.63. The van der Waals surface area contributed by atoms with Crippen LogP contribution in [0.2, 0.25) is 5.02 Å². The van der Waals surface area contributed by atoms with Gasteiger partial charge in [0, 0.05) is 62.7 Å². The number of nitrogens with one attached hydrogen (secondary N) is 2. The van der Waals surface area contributed by atoms with Gasteiger partial charge in [-0.05, 0) is 55.2 Å². The molecule has 12 nitrogen and oxygen atoms in total. The number of nitrogens with zero attached hydrogens (tertiary/aromatic N) is 7. The maximum atomic E-state index is 12.6. The van der Waals surface area contributed by atoms with Crippen molar-refractivity contribution in [2.24, 2.45) is 0 Å². The van der Waals surface area contributed by atoms with Crippen molar-refractivity contribution in [3.8, 4) is 5.75 Å². The lowest BCUT2D eigenvalue weighted by molar-refractivity contribution is 0.395. The predicted molar refractivity (Wildman–Crippen MR) is 184 cm³/mol. The molecule has 240 valence electrons. The van der Waals surface area contributed by atoms with Gasteiger partial charge < -0.3 is 24.8 Å². The molecular weight excluding hydrogens is 626 g/mol. The van der Waals surface area contributed by atoms with E-state index >= 15 is 0 Å². The zero-order valence-electron chi connectivity index (χ0n) is 26.1. The molecule has 0 aliphatic carbocycles. The number of piperidine rings is 1. The Hall–Kier alpha value is -4.62. The Morgan fingerprint density at radius 1 is 1.04 bits per heavy atom. The fourth-order valence-corrected chi connectivity index (χ4v) is 6.48. The van der Waals surface area contributed by atoms with Gasteiger partial charge in [-0.2, -0.15) is 4.98 Å². The average Bonchev–Trinajstić information content (AvgIpc) is 3.61. The van der Waals surface area contributed by atoms with E-state index in [-0.39, 0.29) is 16.8 Å². The van der Waals surface area contributed by atoms with Gasteiger partial charge in [-0.15, -0.1) is 0 Å². The summed E-state index contributed by atoms with van der Waals surface area (Å²) in [5, 5.41) is 6.74. The van der Waals surface area contributed by atoms with Crippen LogP contribution in [-0.4, -0.2) is 66.4 Å². The van der Waals surface area contributed by atoms with Crippen molar-refractivity contribution in [2.45, 2.75) is 32.2 Å². The summed E-state index contributed by atoms with van der Waals surface area (Å²) >= 11 is 6.54. The molecule has 0 atom stereocenters. The third-order valence-electron chi connectivity index (χ3n) is 8.31. The van der Waals surface area contributed by atoms with Crippen LogP contribution >= 0.6 is 11.6 Å². The first kappa shape index (κ1) is 31.4. The van der Waals surface area contributed by atoms with Gasteiger partial charge in [0.05, 0.1) is 36.5 Å². The summed E-state index contributed by atoms with van der Waals surface area (Å²) in [6.45, 7) is 4.05. The fourth-order valence-electron chi connectivity index (χ4n) is 5.82. The number of sulfonamides is 1. The van der Waals surface area contributed by atoms with Crippen LogP contribution in [0.15, 0.2) is 67.4 Å². The Bertz CT molecular complexity index is 1960. The van der Waals surface area contributed by atoms with Gasteiger partial charge in [0.15, 0.2) is 5.82 Å². The number of hydrogen-bond donors (Lipinski definition) is 2. The molecule has 1 fully saturated rings. The molecule has 0 spiro atoms. The first-order chi connectivity index (χ1) is 22.2. The number of fused-ring (bicyclic) bond motifs is 1. The van der Waals surface area contributed by atoms with Crippen LogP contribution in [0.4, 0.5) is 34.5 Å². The van der Waals surface area contributed by atoms with Crippen molar-refractivity contribution in [3.05, 3.63) is 78.0 Å². The fraction of sp³-hybridized carbons (Fsp3) is 0.312. The number of aromatic nitrogens is 5. The Morgan fingerprint density at radius 3 is 2.48 bits per heavy atom. The molecule has 1 aliphatic heterocycles. The summed E-state index contributed by atoms with van der Waals surface area (Å²) in [7, 11) is -0.524. The maximum absolute atomic E-state index is 12.6. The first-order valence-corrected chi connectivity index (χ1v) is 17.2. The molecule has 0 radical (unpaired) electrons. The van der Waals surface area contributed by atoms with E-state index in [0.717, 1.165) is 54.3 Å². The zero-order valence-corrected chi connectivity index (χ0v) is 27.7. The van der Waals surface area contributed by atoms with Crippen LogP contribution in [0.25, 0.3) is 11.0 Å². The lowest BCUT2D eigenvalue weighted by atomic mass is 10.0. The molecule has 0 saturated carbocycles. The van der Waals surface area contributed by atoms with E-state index in [4.69, 9.17) is 16.3 Å². The van der Waals surface area contributed by atoms with E-state index in [1.54, 1.807) is 25.4 Å². The van der Waals surface area contributed by atoms with Crippen molar-refractivity contribution in [1.29, 1.82) is 0 Å². The minimum absolute atomic E-state index is 0.248. The number of hydrogen-bond acceptors (Lipinski definition) is 10. The molecule has 6 rings (SSSR count). The Labute approximate surface area is 273 Å². The summed E-state index contributed by atoms with van der Waals surface area (Å²) < 4.78 is 34.4. The smallest absolute Gasteiger partial charge is 0.232 e. The van der Waals surface area contributed by atoms with Crippen LogP contribution in [0, 0.1) is 0 Å². The highest BCUT2D eigenvalue weighted by Crippen LogP contribution is 2.39. The third-order valence-corrected chi connectivity index (χ3v) is 9.76. The number of anilines is 6. The van der Waals surface area contributed by atoms with Gasteiger partial charge in [0.1, 0.15) is 22.0 Å². The Kier molecular flexibility index (Phi) is 8.87. The lowest BCUT2D eigenvalue weighted by Gasteiger charge is -2.35. The Balaban J connectivity index is 1.28. The second-order valence-corrected chi connectivity index (χ2v) is 13.6. The minimum Gasteiger partial charge on any atom is -0.494 e. The largest absolute Gasteiger partial charge is 0.494 e. The molecule has 0 bridgehead atoms. The van der Waals surface area contributed by atoms with Crippen LogP contribution in [0.5, 0.6) is 5.75 Å². The van der Waals surface area contributed by atoms with Crippen molar-refractivity contribution >= 4 is 67.2 Å². The van der Waals surface area contributed by atoms with Crippen LogP contribution in [0.3, 0.4) is 0 Å². The number of benzene rings is 2. The topological polar surface area (TPSA) is 130 Å². The molecule has 46 heavy (non-hydrogen) atoms. The van der Waals surface area contributed by atoms with Gasteiger partial charge in [-0.3, -0.25) is 14.3 Å². The van der Waals surface area contributed by atoms with Crippen LogP contribution < -0.4 is 24.6 Å². The van der Waals surface area contributed by atoms with Crippen molar-refractivity contribution < 1.29 is 13.2 Å². The van der Waals surface area contributed by atoms with Gasteiger partial charge in [-0.25, -0.2) is 13.4 Å². The highest BCUT2D eigenvalue weighted by Gasteiger charge is 2.24. The predicted octanol–water partition coefficient (Wildman–Crippen LogP) is 6.17. The highest BCUT2D eigenvalue weighted by molar-refractivity contribution is 7.92. The normalized spacial score (nSPS) is 14.0. The summed E-state index contributed by atoms with van der Waals surface area (Å²) in [6.07, 6.45) is 12.9. The second kappa shape index (κ2) is 13.0. The molecule has 2 aromatic carbocycles. The number of halogens is 1. The molecule has 1 aliphatic rings.